The van der Waals surface area contributed by atoms with Crippen LogP contribution in [-0.2, 0) is 9.59 Å². The Morgan fingerprint density at radius 3 is 1.77 bits per heavy atom. The summed E-state index contributed by atoms with van der Waals surface area (Å²) < 4.78 is 0. The number of carbonyl (C=O) groups excluding carboxylic acids is 3. The van der Waals surface area contributed by atoms with Crippen molar-refractivity contribution in [1.29, 1.82) is 0 Å². The number of Topliss-reactive ketones (excluding diaryl/α,β-unsaturated/α-hetero) is 3. The molecule has 0 spiro atoms. The highest BCUT2D eigenvalue weighted by atomic mass is 16.2. The number of benzene rings is 2. The Hall–Kier alpha value is -2.55. The Kier molecular flexibility index (Phi) is 4.99. The van der Waals surface area contributed by atoms with Crippen molar-refractivity contribution in [3.8, 4) is 11.1 Å². The monoisotopic (exact) mass is 294 g/mol. The third-order valence-electron chi connectivity index (χ3n) is 3.68. The summed E-state index contributed by atoms with van der Waals surface area (Å²) in [7, 11) is 0. The van der Waals surface area contributed by atoms with Gasteiger partial charge >= 0.3 is 0 Å². The minimum absolute atomic E-state index is 0.0602. The van der Waals surface area contributed by atoms with E-state index in [-0.39, 0.29) is 23.8 Å². The van der Waals surface area contributed by atoms with Crippen LogP contribution in [0.3, 0.4) is 0 Å². The third-order valence-corrected chi connectivity index (χ3v) is 3.68. The van der Waals surface area contributed by atoms with E-state index in [2.05, 4.69) is 0 Å². The minimum atomic E-state index is -0.832. The van der Waals surface area contributed by atoms with Crippen LogP contribution in [0, 0.1) is 5.92 Å². The van der Waals surface area contributed by atoms with Crippen molar-refractivity contribution in [1.82, 2.24) is 0 Å². The van der Waals surface area contributed by atoms with Crippen LogP contribution in [0.15, 0.2) is 54.6 Å². The molecule has 0 fully saturated rings. The van der Waals surface area contributed by atoms with Gasteiger partial charge in [-0.15, -0.1) is 0 Å². The zero-order chi connectivity index (χ0) is 16.1. The maximum atomic E-state index is 12.2. The summed E-state index contributed by atoms with van der Waals surface area (Å²) in [6.45, 7) is 2.69. The van der Waals surface area contributed by atoms with Gasteiger partial charge in [0.15, 0.2) is 5.78 Å². The smallest absolute Gasteiger partial charge is 0.164 e. The second-order valence-corrected chi connectivity index (χ2v) is 5.34. The first kappa shape index (κ1) is 15.8. The molecular formula is C19H18O3. The lowest BCUT2D eigenvalue weighted by molar-refractivity contribution is -0.130. The first-order chi connectivity index (χ1) is 10.5. The summed E-state index contributed by atoms with van der Waals surface area (Å²) in [5.74, 6) is -1.54. The molecule has 0 atom stereocenters. The van der Waals surface area contributed by atoms with Crippen molar-refractivity contribution in [3.05, 3.63) is 60.2 Å². The SMILES string of the molecule is CC(=O)C(CC(=O)c1ccc(-c2ccccc2)cc1)C(C)=O. The highest BCUT2D eigenvalue weighted by Crippen LogP contribution is 2.20. The molecule has 0 aliphatic carbocycles. The van der Waals surface area contributed by atoms with E-state index in [4.69, 9.17) is 0 Å². The van der Waals surface area contributed by atoms with Crippen molar-refractivity contribution >= 4 is 17.3 Å². The fourth-order valence-corrected chi connectivity index (χ4v) is 2.36. The lowest BCUT2D eigenvalue weighted by Gasteiger charge is -2.09. The quantitative estimate of drug-likeness (QED) is 0.602. The average molecular weight is 294 g/mol. The lowest BCUT2D eigenvalue weighted by Crippen LogP contribution is -2.22. The van der Waals surface area contributed by atoms with Gasteiger partial charge in [-0.1, -0.05) is 54.6 Å². The average Bonchev–Trinajstić information content (AvgIpc) is 2.52. The maximum Gasteiger partial charge on any atom is 0.164 e. The molecule has 2 rings (SSSR count). The molecular weight excluding hydrogens is 276 g/mol. The maximum absolute atomic E-state index is 12.2. The molecule has 0 radical (unpaired) electrons. The molecule has 22 heavy (non-hydrogen) atoms. The first-order valence-corrected chi connectivity index (χ1v) is 7.18. The van der Waals surface area contributed by atoms with Crippen molar-refractivity contribution in [2.45, 2.75) is 20.3 Å². The molecule has 0 heterocycles. The molecule has 0 saturated heterocycles. The molecule has 0 aliphatic rings. The first-order valence-electron chi connectivity index (χ1n) is 7.18. The summed E-state index contributed by atoms with van der Waals surface area (Å²) in [5, 5.41) is 0. The molecule has 0 amide bonds. The van der Waals surface area contributed by atoms with E-state index < -0.39 is 5.92 Å². The topological polar surface area (TPSA) is 51.2 Å². The van der Waals surface area contributed by atoms with Crippen LogP contribution >= 0.6 is 0 Å². The molecule has 2 aromatic rings. The van der Waals surface area contributed by atoms with Gasteiger partial charge in [0.05, 0.1) is 5.92 Å². The van der Waals surface area contributed by atoms with Crippen molar-refractivity contribution in [2.24, 2.45) is 5.92 Å². The molecule has 0 unspecified atom stereocenters. The summed E-state index contributed by atoms with van der Waals surface area (Å²) in [6, 6.07) is 17.1. The fraction of sp³-hybridized carbons (Fsp3) is 0.211. The summed E-state index contributed by atoms with van der Waals surface area (Å²) in [5.41, 5.74) is 2.62. The number of rotatable bonds is 6. The number of hydrogen-bond acceptors (Lipinski definition) is 3. The Morgan fingerprint density at radius 2 is 1.27 bits per heavy atom. The number of hydrogen-bond donors (Lipinski definition) is 0. The fourth-order valence-electron chi connectivity index (χ4n) is 2.36. The molecule has 112 valence electrons. The molecule has 3 nitrogen and oxygen atoms in total. The van der Waals surface area contributed by atoms with Crippen LogP contribution in [0.5, 0.6) is 0 Å². The van der Waals surface area contributed by atoms with E-state index in [1.54, 1.807) is 12.1 Å². The van der Waals surface area contributed by atoms with E-state index in [9.17, 15) is 14.4 Å². The van der Waals surface area contributed by atoms with Crippen LogP contribution in [0.25, 0.3) is 11.1 Å². The molecule has 0 N–H and O–H groups in total. The van der Waals surface area contributed by atoms with Gasteiger partial charge in [-0.2, -0.15) is 0 Å². The minimum Gasteiger partial charge on any atom is -0.299 e. The molecule has 0 aliphatic heterocycles. The summed E-state index contributed by atoms with van der Waals surface area (Å²) in [4.78, 5) is 35.0. The predicted octanol–water partition coefficient (Wildman–Crippen LogP) is 3.72. The number of ketones is 3. The zero-order valence-corrected chi connectivity index (χ0v) is 12.7. The molecule has 0 bridgehead atoms. The van der Waals surface area contributed by atoms with E-state index >= 15 is 0 Å². The second-order valence-electron chi connectivity index (χ2n) is 5.34. The second kappa shape index (κ2) is 6.94. The van der Waals surface area contributed by atoms with Crippen LogP contribution in [0.4, 0.5) is 0 Å². The van der Waals surface area contributed by atoms with Crippen LogP contribution < -0.4 is 0 Å². The summed E-state index contributed by atoms with van der Waals surface area (Å²) in [6.07, 6.45) is -0.0602. The normalized spacial score (nSPS) is 10.5. The van der Waals surface area contributed by atoms with E-state index in [0.29, 0.717) is 5.56 Å². The summed E-state index contributed by atoms with van der Waals surface area (Å²) >= 11 is 0. The van der Waals surface area contributed by atoms with Gasteiger partial charge < -0.3 is 0 Å². The van der Waals surface area contributed by atoms with E-state index in [1.165, 1.54) is 13.8 Å². The van der Waals surface area contributed by atoms with Crippen molar-refractivity contribution in [3.63, 3.8) is 0 Å². The third kappa shape index (κ3) is 3.76. The van der Waals surface area contributed by atoms with Crippen LogP contribution in [0.2, 0.25) is 0 Å². The van der Waals surface area contributed by atoms with E-state index in [1.807, 2.05) is 42.5 Å². The van der Waals surface area contributed by atoms with Gasteiger partial charge in [0.1, 0.15) is 11.6 Å². The van der Waals surface area contributed by atoms with Crippen molar-refractivity contribution < 1.29 is 14.4 Å². The zero-order valence-electron chi connectivity index (χ0n) is 12.7. The Balaban J connectivity index is 2.15. The van der Waals surface area contributed by atoms with Crippen LogP contribution in [-0.4, -0.2) is 17.3 Å². The van der Waals surface area contributed by atoms with Crippen molar-refractivity contribution in [2.75, 3.05) is 0 Å². The molecule has 0 aromatic heterocycles. The van der Waals surface area contributed by atoms with Gasteiger partial charge in [-0.25, -0.2) is 0 Å². The van der Waals surface area contributed by atoms with Gasteiger partial charge in [-0.05, 0) is 25.0 Å². The van der Waals surface area contributed by atoms with Crippen LogP contribution in [0.1, 0.15) is 30.6 Å². The van der Waals surface area contributed by atoms with Gasteiger partial charge in [0.2, 0.25) is 0 Å². The lowest BCUT2D eigenvalue weighted by atomic mass is 9.91. The van der Waals surface area contributed by atoms with Gasteiger partial charge in [0.25, 0.3) is 0 Å². The Labute approximate surface area is 130 Å². The highest BCUT2D eigenvalue weighted by Gasteiger charge is 2.23. The molecule has 0 saturated carbocycles. The predicted molar refractivity (Wildman–Crippen MR) is 85.7 cm³/mol. The number of carbonyl (C=O) groups is 3. The molecule has 2 aromatic carbocycles. The molecule has 3 heteroatoms. The van der Waals surface area contributed by atoms with Gasteiger partial charge in [-0.3, -0.25) is 14.4 Å². The Bertz CT molecular complexity index is 670. The standard InChI is InChI=1S/C19H18O3/c1-13(20)18(14(2)21)12-19(22)17-10-8-16(9-11-17)15-6-4-3-5-7-15/h3-11,18H,12H2,1-2H3. The van der Waals surface area contributed by atoms with Gasteiger partial charge in [0, 0.05) is 12.0 Å². The van der Waals surface area contributed by atoms with E-state index in [0.717, 1.165) is 11.1 Å². The highest BCUT2D eigenvalue weighted by molar-refractivity contribution is 6.07. The Morgan fingerprint density at radius 1 is 0.773 bits per heavy atom. The largest absolute Gasteiger partial charge is 0.299 e.